The van der Waals surface area contributed by atoms with Crippen molar-refractivity contribution in [2.24, 2.45) is 5.73 Å². The van der Waals surface area contributed by atoms with E-state index in [-0.39, 0.29) is 5.56 Å². The number of carbonyl (C=O) groups excluding carboxylic acids is 1. The Morgan fingerprint density at radius 1 is 1.13 bits per heavy atom. The molecule has 0 saturated carbocycles. The van der Waals surface area contributed by atoms with Gasteiger partial charge in [0.25, 0.3) is 5.56 Å². The van der Waals surface area contributed by atoms with Crippen LogP contribution in [0.15, 0.2) is 70.6 Å². The van der Waals surface area contributed by atoms with Crippen LogP contribution in [0.3, 0.4) is 0 Å². The molecule has 5 nitrogen and oxygen atoms in total. The highest BCUT2D eigenvalue weighted by Crippen LogP contribution is 2.37. The van der Waals surface area contributed by atoms with Gasteiger partial charge >= 0.3 is 0 Å². The summed E-state index contributed by atoms with van der Waals surface area (Å²) < 4.78 is 1.59. The standard InChI is InChI=1S/C23H21N3O2S2/c1-3-17(20(24)27)30-23-25-21-19(22(28)26(23)16-12-8-5-9-13-16)18(14(2)29-21)15-10-6-4-7-11-15/h4-13,17H,3H2,1-2H3,(H2,24,27). The topological polar surface area (TPSA) is 78.0 Å². The second-order valence-electron chi connectivity index (χ2n) is 6.87. The quantitative estimate of drug-likeness (QED) is 0.349. The first-order chi connectivity index (χ1) is 14.5. The summed E-state index contributed by atoms with van der Waals surface area (Å²) in [5, 5.41) is 0.619. The lowest BCUT2D eigenvalue weighted by molar-refractivity contribution is -0.117. The van der Waals surface area contributed by atoms with Gasteiger partial charge in [-0.15, -0.1) is 11.3 Å². The molecule has 0 bridgehead atoms. The number of fused-ring (bicyclic) bond motifs is 1. The zero-order valence-electron chi connectivity index (χ0n) is 16.7. The fraction of sp³-hybridized carbons (Fsp3) is 0.174. The number of nitrogens with zero attached hydrogens (tertiary/aromatic N) is 2. The maximum atomic E-state index is 13.8. The highest BCUT2D eigenvalue weighted by molar-refractivity contribution is 8.00. The first-order valence-corrected chi connectivity index (χ1v) is 11.3. The molecule has 2 heterocycles. The number of nitrogens with two attached hydrogens (primary N) is 1. The SMILES string of the molecule is CCC(Sc1nc2sc(C)c(-c3ccccc3)c2c(=O)n1-c1ccccc1)C(N)=O. The Morgan fingerprint density at radius 2 is 1.77 bits per heavy atom. The molecule has 0 fully saturated rings. The van der Waals surface area contributed by atoms with Crippen molar-refractivity contribution < 1.29 is 4.79 Å². The van der Waals surface area contributed by atoms with Gasteiger partial charge in [0.15, 0.2) is 5.16 Å². The molecule has 2 N–H and O–H groups in total. The lowest BCUT2D eigenvalue weighted by Gasteiger charge is -2.15. The van der Waals surface area contributed by atoms with E-state index in [1.807, 2.05) is 74.5 Å². The van der Waals surface area contributed by atoms with Crippen LogP contribution in [0.2, 0.25) is 0 Å². The molecule has 4 aromatic rings. The van der Waals surface area contributed by atoms with Crippen LogP contribution in [-0.4, -0.2) is 20.7 Å². The first kappa shape index (κ1) is 20.4. The summed E-state index contributed by atoms with van der Waals surface area (Å²) in [5.41, 5.74) is 8.04. The largest absolute Gasteiger partial charge is 0.369 e. The molecule has 0 radical (unpaired) electrons. The highest BCUT2D eigenvalue weighted by Gasteiger charge is 2.24. The zero-order valence-corrected chi connectivity index (χ0v) is 18.3. The molecule has 2 aromatic carbocycles. The Morgan fingerprint density at radius 3 is 2.37 bits per heavy atom. The van der Waals surface area contributed by atoms with Crippen LogP contribution in [-0.2, 0) is 4.79 Å². The Kier molecular flexibility index (Phi) is 5.74. The molecule has 0 aliphatic heterocycles. The number of amides is 1. The van der Waals surface area contributed by atoms with E-state index in [2.05, 4.69) is 0 Å². The van der Waals surface area contributed by atoms with Gasteiger partial charge in [0.05, 0.1) is 16.3 Å². The van der Waals surface area contributed by atoms with Crippen molar-refractivity contribution >= 4 is 39.2 Å². The van der Waals surface area contributed by atoms with Crippen molar-refractivity contribution in [2.75, 3.05) is 0 Å². The summed E-state index contributed by atoms with van der Waals surface area (Å²) in [5.74, 6) is -0.413. The Bertz CT molecular complexity index is 1260. The van der Waals surface area contributed by atoms with Gasteiger partial charge in [-0.1, -0.05) is 67.2 Å². The number of hydrogen-bond acceptors (Lipinski definition) is 5. The Labute approximate surface area is 182 Å². The molecule has 7 heteroatoms. The van der Waals surface area contributed by atoms with Crippen LogP contribution in [0, 0.1) is 6.92 Å². The average molecular weight is 436 g/mol. The molecule has 1 atom stereocenters. The molecule has 0 aliphatic carbocycles. The molecule has 2 aromatic heterocycles. The van der Waals surface area contributed by atoms with E-state index >= 15 is 0 Å². The molecule has 152 valence electrons. The van der Waals surface area contributed by atoms with Crippen molar-refractivity contribution in [3.8, 4) is 16.8 Å². The predicted octanol–water partition coefficient (Wildman–Crippen LogP) is 4.78. The number of para-hydroxylation sites is 1. The van der Waals surface area contributed by atoms with Crippen molar-refractivity contribution in [2.45, 2.75) is 30.7 Å². The molecule has 4 rings (SSSR count). The second-order valence-corrected chi connectivity index (χ2v) is 9.24. The molecule has 1 unspecified atom stereocenters. The summed E-state index contributed by atoms with van der Waals surface area (Å²) in [4.78, 5) is 32.2. The van der Waals surface area contributed by atoms with Crippen LogP contribution in [0.1, 0.15) is 18.2 Å². The molecule has 0 spiro atoms. The molecule has 0 saturated heterocycles. The highest BCUT2D eigenvalue weighted by atomic mass is 32.2. The van der Waals surface area contributed by atoms with Crippen LogP contribution in [0.4, 0.5) is 0 Å². The smallest absolute Gasteiger partial charge is 0.268 e. The van der Waals surface area contributed by atoms with Crippen LogP contribution >= 0.6 is 23.1 Å². The van der Waals surface area contributed by atoms with Crippen molar-refractivity contribution in [1.82, 2.24) is 9.55 Å². The van der Waals surface area contributed by atoms with E-state index in [4.69, 9.17) is 10.7 Å². The summed E-state index contributed by atoms with van der Waals surface area (Å²) in [6, 6.07) is 19.3. The number of carbonyl (C=O) groups is 1. The van der Waals surface area contributed by atoms with Gasteiger partial charge in [0, 0.05) is 10.4 Å². The summed E-state index contributed by atoms with van der Waals surface area (Å²) in [6.45, 7) is 3.90. The normalized spacial score (nSPS) is 12.2. The van der Waals surface area contributed by atoms with Gasteiger partial charge in [0.1, 0.15) is 4.83 Å². The average Bonchev–Trinajstić information content (AvgIpc) is 3.09. The molecule has 1 amide bonds. The van der Waals surface area contributed by atoms with E-state index in [0.717, 1.165) is 16.0 Å². The minimum atomic E-state index is -0.459. The van der Waals surface area contributed by atoms with E-state index in [0.29, 0.717) is 27.5 Å². The number of benzene rings is 2. The maximum absolute atomic E-state index is 13.8. The van der Waals surface area contributed by atoms with Crippen molar-refractivity contribution in [3.05, 3.63) is 75.9 Å². The molecular formula is C23H21N3O2S2. The Balaban J connectivity index is 2.03. The number of thiophene rings is 1. The van der Waals surface area contributed by atoms with Gasteiger partial charge in [-0.2, -0.15) is 0 Å². The minimum Gasteiger partial charge on any atom is -0.369 e. The number of hydrogen-bond donors (Lipinski definition) is 1. The van der Waals surface area contributed by atoms with E-state index in [9.17, 15) is 9.59 Å². The summed E-state index contributed by atoms with van der Waals surface area (Å²) >= 11 is 2.74. The second kappa shape index (κ2) is 8.45. The number of aromatic nitrogens is 2. The fourth-order valence-corrected chi connectivity index (χ4v) is 5.52. The number of primary amides is 1. The summed E-state index contributed by atoms with van der Waals surface area (Å²) in [7, 11) is 0. The summed E-state index contributed by atoms with van der Waals surface area (Å²) in [6.07, 6.45) is 0.557. The van der Waals surface area contributed by atoms with Crippen molar-refractivity contribution in [1.29, 1.82) is 0 Å². The third kappa shape index (κ3) is 3.66. The van der Waals surface area contributed by atoms with Crippen LogP contribution in [0.5, 0.6) is 0 Å². The lowest BCUT2D eigenvalue weighted by Crippen LogP contribution is -2.27. The van der Waals surface area contributed by atoms with Gasteiger partial charge in [0.2, 0.25) is 5.91 Å². The predicted molar refractivity (Wildman–Crippen MR) is 125 cm³/mol. The fourth-order valence-electron chi connectivity index (χ4n) is 3.45. The third-order valence-corrected chi connectivity index (χ3v) is 7.22. The van der Waals surface area contributed by atoms with Gasteiger partial charge in [-0.05, 0) is 31.0 Å². The van der Waals surface area contributed by atoms with E-state index < -0.39 is 11.2 Å². The van der Waals surface area contributed by atoms with Crippen LogP contribution < -0.4 is 11.3 Å². The number of rotatable bonds is 6. The first-order valence-electron chi connectivity index (χ1n) is 9.64. The maximum Gasteiger partial charge on any atom is 0.268 e. The van der Waals surface area contributed by atoms with Gasteiger partial charge < -0.3 is 5.73 Å². The van der Waals surface area contributed by atoms with Gasteiger partial charge in [-0.25, -0.2) is 4.98 Å². The van der Waals surface area contributed by atoms with Gasteiger partial charge in [-0.3, -0.25) is 14.2 Å². The number of aryl methyl sites for hydroxylation is 1. The monoisotopic (exact) mass is 435 g/mol. The lowest BCUT2D eigenvalue weighted by atomic mass is 10.0. The zero-order chi connectivity index (χ0) is 21.3. The van der Waals surface area contributed by atoms with E-state index in [1.165, 1.54) is 23.1 Å². The number of thioether (sulfide) groups is 1. The van der Waals surface area contributed by atoms with Crippen molar-refractivity contribution in [3.63, 3.8) is 0 Å². The van der Waals surface area contributed by atoms with E-state index in [1.54, 1.807) is 4.57 Å². The Hall–Kier alpha value is -2.90. The third-order valence-electron chi connectivity index (χ3n) is 4.88. The molecule has 0 aliphatic rings. The minimum absolute atomic E-state index is 0.142. The van der Waals surface area contributed by atoms with Crippen LogP contribution in [0.25, 0.3) is 27.0 Å². The molecular weight excluding hydrogens is 414 g/mol. The molecule has 30 heavy (non-hydrogen) atoms.